The smallest absolute Gasteiger partial charge is 0.327 e. The predicted octanol–water partition coefficient (Wildman–Crippen LogP) is 0.931. The highest BCUT2D eigenvalue weighted by Gasteiger charge is 2.31. The van der Waals surface area contributed by atoms with E-state index in [9.17, 15) is 9.18 Å². The van der Waals surface area contributed by atoms with Crippen LogP contribution in [0.25, 0.3) is 0 Å². The first-order valence-corrected chi connectivity index (χ1v) is 6.31. The molecule has 1 N–H and O–H groups in total. The lowest BCUT2D eigenvalue weighted by Crippen LogP contribution is -2.48. The largest absolute Gasteiger partial charge is 0.480 e. The molecule has 2 rings (SSSR count). The molecule has 7 heteroatoms. The van der Waals surface area contributed by atoms with Crippen molar-refractivity contribution in [1.82, 2.24) is 9.97 Å². The minimum atomic E-state index is -0.951. The molecule has 1 atom stereocenters. The summed E-state index contributed by atoms with van der Waals surface area (Å²) < 4.78 is 13.9. The number of aromatic nitrogens is 2. The maximum absolute atomic E-state index is 13.9. The first kappa shape index (κ1) is 12.1. The van der Waals surface area contributed by atoms with E-state index < -0.39 is 17.8 Å². The summed E-state index contributed by atoms with van der Waals surface area (Å²) in [7, 11) is 0. The molecule has 0 aliphatic carbocycles. The van der Waals surface area contributed by atoms with E-state index in [4.69, 9.17) is 5.11 Å². The summed E-state index contributed by atoms with van der Waals surface area (Å²) in [4.78, 5) is 20.2. The highest BCUT2D eigenvalue weighted by molar-refractivity contribution is 7.99. The average Bonchev–Trinajstić information content (AvgIpc) is 2.33. The quantitative estimate of drug-likeness (QED) is 0.850. The van der Waals surface area contributed by atoms with Crippen LogP contribution in [0, 0.1) is 12.7 Å². The molecule has 0 amide bonds. The zero-order valence-corrected chi connectivity index (χ0v) is 10.1. The Morgan fingerprint density at radius 3 is 3.12 bits per heavy atom. The van der Waals surface area contributed by atoms with Crippen LogP contribution in [0.2, 0.25) is 0 Å². The molecule has 1 aromatic heterocycles. The molecule has 1 unspecified atom stereocenters. The molecule has 1 aliphatic rings. The number of halogens is 1. The van der Waals surface area contributed by atoms with Crippen LogP contribution in [0.1, 0.15) is 5.69 Å². The highest BCUT2D eigenvalue weighted by atomic mass is 32.2. The summed E-state index contributed by atoms with van der Waals surface area (Å²) in [6, 6.07) is -0.724. The van der Waals surface area contributed by atoms with Crippen LogP contribution in [-0.2, 0) is 4.79 Å². The SMILES string of the molecule is Cc1ncnc(N2CCSCC2C(=O)O)c1F. The fourth-order valence-corrected chi connectivity index (χ4v) is 2.75. The van der Waals surface area contributed by atoms with E-state index >= 15 is 0 Å². The minimum Gasteiger partial charge on any atom is -0.480 e. The summed E-state index contributed by atoms with van der Waals surface area (Å²) in [5.41, 5.74) is 0.234. The van der Waals surface area contributed by atoms with Crippen molar-refractivity contribution in [3.8, 4) is 0 Å². The molecular weight excluding hydrogens is 245 g/mol. The first-order chi connectivity index (χ1) is 8.11. The third-order valence-corrected chi connectivity index (χ3v) is 3.65. The number of aliphatic carboxylic acids is 1. The zero-order valence-electron chi connectivity index (χ0n) is 9.26. The third kappa shape index (κ3) is 2.33. The van der Waals surface area contributed by atoms with Crippen molar-refractivity contribution in [2.75, 3.05) is 23.0 Å². The summed E-state index contributed by atoms with van der Waals surface area (Å²) in [5, 5.41) is 9.11. The molecule has 5 nitrogen and oxygen atoms in total. The molecule has 2 heterocycles. The van der Waals surface area contributed by atoms with Gasteiger partial charge in [0.25, 0.3) is 0 Å². The van der Waals surface area contributed by atoms with Crippen molar-refractivity contribution in [1.29, 1.82) is 0 Å². The van der Waals surface area contributed by atoms with Gasteiger partial charge < -0.3 is 10.0 Å². The lowest BCUT2D eigenvalue weighted by atomic mass is 10.2. The monoisotopic (exact) mass is 257 g/mol. The van der Waals surface area contributed by atoms with E-state index in [1.165, 1.54) is 18.2 Å². The van der Waals surface area contributed by atoms with Crippen molar-refractivity contribution in [3.05, 3.63) is 17.8 Å². The Balaban J connectivity index is 2.36. The van der Waals surface area contributed by atoms with Crippen molar-refractivity contribution >= 4 is 23.5 Å². The molecule has 1 aliphatic heterocycles. The second kappa shape index (κ2) is 4.87. The van der Waals surface area contributed by atoms with Crippen LogP contribution in [0.4, 0.5) is 10.2 Å². The fraction of sp³-hybridized carbons (Fsp3) is 0.500. The van der Waals surface area contributed by atoms with Gasteiger partial charge in [-0.05, 0) is 6.92 Å². The third-order valence-electron chi connectivity index (χ3n) is 2.63. The number of thioether (sulfide) groups is 1. The average molecular weight is 257 g/mol. The molecule has 17 heavy (non-hydrogen) atoms. The maximum Gasteiger partial charge on any atom is 0.327 e. The van der Waals surface area contributed by atoms with Crippen LogP contribution in [0.3, 0.4) is 0 Å². The van der Waals surface area contributed by atoms with Crippen molar-refractivity contribution in [2.24, 2.45) is 0 Å². The molecule has 0 saturated carbocycles. The van der Waals surface area contributed by atoms with Crippen LogP contribution in [-0.4, -0.2) is 45.1 Å². The molecule has 1 saturated heterocycles. The molecule has 92 valence electrons. The summed E-state index contributed by atoms with van der Waals surface area (Å²) in [6.45, 7) is 2.02. The highest BCUT2D eigenvalue weighted by Crippen LogP contribution is 2.25. The first-order valence-electron chi connectivity index (χ1n) is 5.15. The second-order valence-electron chi connectivity index (χ2n) is 3.72. The van der Waals surface area contributed by atoms with E-state index in [0.29, 0.717) is 12.3 Å². The van der Waals surface area contributed by atoms with Crippen LogP contribution in [0.15, 0.2) is 6.33 Å². The van der Waals surface area contributed by atoms with Crippen molar-refractivity contribution < 1.29 is 14.3 Å². The predicted molar refractivity (Wildman–Crippen MR) is 62.8 cm³/mol. The lowest BCUT2D eigenvalue weighted by Gasteiger charge is -2.33. The minimum absolute atomic E-state index is 0.0881. The van der Waals surface area contributed by atoms with Gasteiger partial charge in [-0.2, -0.15) is 11.8 Å². The van der Waals surface area contributed by atoms with Gasteiger partial charge in [0.2, 0.25) is 0 Å². The van der Waals surface area contributed by atoms with Gasteiger partial charge in [0.15, 0.2) is 11.6 Å². The molecule has 0 spiro atoms. The molecule has 1 aromatic rings. The topological polar surface area (TPSA) is 66.3 Å². The van der Waals surface area contributed by atoms with Crippen molar-refractivity contribution in [2.45, 2.75) is 13.0 Å². The summed E-state index contributed by atoms with van der Waals surface area (Å²) in [6.07, 6.45) is 1.26. The summed E-state index contributed by atoms with van der Waals surface area (Å²) in [5.74, 6) is -0.187. The number of anilines is 1. The van der Waals surface area contributed by atoms with E-state index in [-0.39, 0.29) is 11.5 Å². The van der Waals surface area contributed by atoms with Gasteiger partial charge in [0, 0.05) is 18.1 Å². The van der Waals surface area contributed by atoms with E-state index in [0.717, 1.165) is 5.75 Å². The maximum atomic E-state index is 13.9. The fourth-order valence-electron chi connectivity index (χ4n) is 1.71. The van der Waals surface area contributed by atoms with Gasteiger partial charge >= 0.3 is 5.97 Å². The van der Waals surface area contributed by atoms with Crippen LogP contribution < -0.4 is 4.90 Å². The Hall–Kier alpha value is -1.37. The zero-order chi connectivity index (χ0) is 12.4. The molecule has 0 radical (unpaired) electrons. The number of hydrogen-bond donors (Lipinski definition) is 1. The molecular formula is C10H12FN3O2S. The number of aryl methyl sites for hydroxylation is 1. The Bertz CT molecular complexity index is 444. The molecule has 1 fully saturated rings. The molecule has 0 bridgehead atoms. The van der Waals surface area contributed by atoms with Crippen LogP contribution in [0.5, 0.6) is 0 Å². The standard InChI is InChI=1S/C10H12FN3O2S/c1-6-8(11)9(13-5-12-6)14-2-3-17-4-7(14)10(15)16/h5,7H,2-4H2,1H3,(H,15,16). The Morgan fingerprint density at radius 1 is 1.65 bits per heavy atom. The normalized spacial score (nSPS) is 20.4. The van der Waals surface area contributed by atoms with Gasteiger partial charge in [-0.1, -0.05) is 0 Å². The van der Waals surface area contributed by atoms with Crippen LogP contribution >= 0.6 is 11.8 Å². The second-order valence-corrected chi connectivity index (χ2v) is 4.87. The van der Waals surface area contributed by atoms with E-state index in [1.807, 2.05) is 0 Å². The van der Waals surface area contributed by atoms with Gasteiger partial charge in [-0.15, -0.1) is 0 Å². The van der Waals surface area contributed by atoms with Gasteiger partial charge in [0.05, 0.1) is 5.69 Å². The number of carboxylic acids is 1. The lowest BCUT2D eigenvalue weighted by molar-refractivity contribution is -0.138. The summed E-state index contributed by atoms with van der Waals surface area (Å²) >= 11 is 1.55. The number of carboxylic acid groups (broad SMARTS) is 1. The van der Waals surface area contributed by atoms with Gasteiger partial charge in [-0.3, -0.25) is 0 Å². The Kier molecular flexibility index (Phi) is 3.46. The molecule has 0 aromatic carbocycles. The van der Waals surface area contributed by atoms with Gasteiger partial charge in [0.1, 0.15) is 12.4 Å². The number of hydrogen-bond acceptors (Lipinski definition) is 5. The van der Waals surface area contributed by atoms with E-state index in [2.05, 4.69) is 9.97 Å². The number of nitrogens with zero attached hydrogens (tertiary/aromatic N) is 3. The Morgan fingerprint density at radius 2 is 2.41 bits per heavy atom. The Labute approximate surface area is 102 Å². The van der Waals surface area contributed by atoms with Gasteiger partial charge in [-0.25, -0.2) is 19.2 Å². The van der Waals surface area contributed by atoms with Crippen molar-refractivity contribution in [3.63, 3.8) is 0 Å². The van der Waals surface area contributed by atoms with E-state index in [1.54, 1.807) is 11.8 Å². The number of carbonyl (C=O) groups is 1. The number of rotatable bonds is 2.